The number of rotatable bonds is 2. The summed E-state index contributed by atoms with van der Waals surface area (Å²) in [5.41, 5.74) is 1.27. The van der Waals surface area contributed by atoms with Crippen molar-refractivity contribution in [3.63, 3.8) is 0 Å². The molecule has 0 saturated carbocycles. The van der Waals surface area contributed by atoms with Gasteiger partial charge in [-0.15, -0.1) is 0 Å². The number of benzene rings is 2. The molecule has 0 spiro atoms. The van der Waals surface area contributed by atoms with Crippen LogP contribution in [0, 0.1) is 0 Å². The third kappa shape index (κ3) is 2.48. The van der Waals surface area contributed by atoms with Gasteiger partial charge < -0.3 is 24.8 Å². The average Bonchev–Trinajstić information content (AvgIpc) is 2.47. The molecule has 0 radical (unpaired) electrons. The van der Waals surface area contributed by atoms with E-state index in [1.807, 2.05) is 18.2 Å². The number of aliphatic hydroxyl groups is 1. The molecule has 3 rings (SSSR count). The number of aromatic hydroxyl groups is 2. The first-order valence-electron chi connectivity index (χ1n) is 6.62. The van der Waals surface area contributed by atoms with E-state index in [0.717, 1.165) is 5.56 Å². The van der Waals surface area contributed by atoms with E-state index in [2.05, 4.69) is 0 Å². The van der Waals surface area contributed by atoms with Crippen LogP contribution >= 0.6 is 0 Å². The average molecular weight is 288 g/mol. The van der Waals surface area contributed by atoms with Gasteiger partial charge in [0.15, 0.2) is 0 Å². The fourth-order valence-electron chi connectivity index (χ4n) is 2.57. The molecule has 0 aliphatic carbocycles. The van der Waals surface area contributed by atoms with Gasteiger partial charge in [0.1, 0.15) is 29.1 Å². The van der Waals surface area contributed by atoms with E-state index in [1.54, 1.807) is 13.2 Å². The molecule has 0 amide bonds. The first-order chi connectivity index (χ1) is 10.1. The van der Waals surface area contributed by atoms with E-state index in [0.29, 0.717) is 17.1 Å². The Morgan fingerprint density at radius 2 is 2.00 bits per heavy atom. The predicted octanol–water partition coefficient (Wildman–Crippen LogP) is 2.14. The number of ether oxygens (including phenoxy) is 2. The minimum Gasteiger partial charge on any atom is -0.508 e. The summed E-state index contributed by atoms with van der Waals surface area (Å²) in [6.45, 7) is 0. The lowest BCUT2D eigenvalue weighted by Gasteiger charge is -2.31. The van der Waals surface area contributed by atoms with Crippen molar-refractivity contribution in [1.29, 1.82) is 0 Å². The standard InChI is InChI=1S/C16H16O5/c1-20-11-4-2-3-9(5-11)16-14(19)8-12-13(18)6-10(17)7-15(12)21-16/h2-7,14,16-19H,8H2,1H3. The first kappa shape index (κ1) is 13.6. The summed E-state index contributed by atoms with van der Waals surface area (Å²) in [4.78, 5) is 0. The van der Waals surface area contributed by atoms with Crippen molar-refractivity contribution in [1.82, 2.24) is 0 Å². The highest BCUT2D eigenvalue weighted by Gasteiger charge is 2.32. The van der Waals surface area contributed by atoms with Crippen LogP contribution in [0.5, 0.6) is 23.0 Å². The summed E-state index contributed by atoms with van der Waals surface area (Å²) in [7, 11) is 1.57. The molecule has 1 heterocycles. The molecule has 2 aromatic rings. The molecule has 2 unspecified atom stereocenters. The quantitative estimate of drug-likeness (QED) is 0.789. The van der Waals surface area contributed by atoms with Crippen LogP contribution in [0.25, 0.3) is 0 Å². The number of hydrogen-bond donors (Lipinski definition) is 3. The smallest absolute Gasteiger partial charge is 0.150 e. The van der Waals surface area contributed by atoms with Crippen LogP contribution in [-0.2, 0) is 6.42 Å². The highest BCUT2D eigenvalue weighted by molar-refractivity contribution is 5.51. The minimum absolute atomic E-state index is 0.0758. The van der Waals surface area contributed by atoms with Crippen LogP contribution in [0.1, 0.15) is 17.2 Å². The lowest BCUT2D eigenvalue weighted by atomic mass is 9.94. The number of fused-ring (bicyclic) bond motifs is 1. The number of hydrogen-bond acceptors (Lipinski definition) is 5. The molecule has 5 nitrogen and oxygen atoms in total. The summed E-state index contributed by atoms with van der Waals surface area (Å²) in [5.74, 6) is 0.902. The van der Waals surface area contributed by atoms with E-state index in [-0.39, 0.29) is 17.9 Å². The maximum Gasteiger partial charge on any atom is 0.150 e. The summed E-state index contributed by atoms with van der Waals surface area (Å²) < 4.78 is 10.9. The third-order valence-electron chi connectivity index (χ3n) is 3.61. The van der Waals surface area contributed by atoms with Crippen molar-refractivity contribution in [2.24, 2.45) is 0 Å². The van der Waals surface area contributed by atoms with Crippen LogP contribution in [0.2, 0.25) is 0 Å². The Bertz CT molecular complexity index is 668. The van der Waals surface area contributed by atoms with Crippen LogP contribution in [0.15, 0.2) is 36.4 Å². The molecule has 3 N–H and O–H groups in total. The topological polar surface area (TPSA) is 79.2 Å². The molecule has 0 saturated heterocycles. The highest BCUT2D eigenvalue weighted by Crippen LogP contribution is 2.42. The summed E-state index contributed by atoms with van der Waals surface area (Å²) in [6, 6.07) is 9.94. The summed E-state index contributed by atoms with van der Waals surface area (Å²) in [5, 5.41) is 29.7. The van der Waals surface area contributed by atoms with Crippen LogP contribution in [0.4, 0.5) is 0 Å². The van der Waals surface area contributed by atoms with Gasteiger partial charge in [-0.1, -0.05) is 12.1 Å². The second-order valence-corrected chi connectivity index (χ2v) is 5.03. The van der Waals surface area contributed by atoms with E-state index in [4.69, 9.17) is 9.47 Å². The maximum atomic E-state index is 10.3. The van der Waals surface area contributed by atoms with Gasteiger partial charge in [0.25, 0.3) is 0 Å². The molecule has 0 fully saturated rings. The van der Waals surface area contributed by atoms with Crippen molar-refractivity contribution in [2.45, 2.75) is 18.6 Å². The molecule has 0 bridgehead atoms. The molecule has 21 heavy (non-hydrogen) atoms. The Hall–Kier alpha value is -2.40. The number of methoxy groups -OCH3 is 1. The van der Waals surface area contributed by atoms with Gasteiger partial charge in [0.05, 0.1) is 13.2 Å². The van der Waals surface area contributed by atoms with Gasteiger partial charge in [-0.05, 0) is 17.7 Å². The SMILES string of the molecule is COc1cccc(C2Oc3cc(O)cc(O)c3CC2O)c1. The number of phenols is 2. The Morgan fingerprint density at radius 1 is 1.19 bits per heavy atom. The second kappa shape index (κ2) is 5.18. The lowest BCUT2D eigenvalue weighted by molar-refractivity contribution is 0.0197. The van der Waals surface area contributed by atoms with Gasteiger partial charge in [-0.3, -0.25) is 0 Å². The summed E-state index contributed by atoms with van der Waals surface area (Å²) in [6.07, 6.45) is -1.11. The van der Waals surface area contributed by atoms with E-state index in [1.165, 1.54) is 12.1 Å². The molecule has 5 heteroatoms. The largest absolute Gasteiger partial charge is 0.508 e. The molecular weight excluding hydrogens is 272 g/mol. The summed E-state index contributed by atoms with van der Waals surface area (Å²) >= 11 is 0. The van der Waals surface area contributed by atoms with Gasteiger partial charge in [0, 0.05) is 24.1 Å². The predicted molar refractivity (Wildman–Crippen MR) is 75.8 cm³/mol. The van der Waals surface area contributed by atoms with Crippen molar-refractivity contribution < 1.29 is 24.8 Å². The van der Waals surface area contributed by atoms with Crippen LogP contribution in [-0.4, -0.2) is 28.5 Å². The Labute approximate surface area is 122 Å². The second-order valence-electron chi connectivity index (χ2n) is 5.03. The monoisotopic (exact) mass is 288 g/mol. The molecule has 0 aromatic heterocycles. The van der Waals surface area contributed by atoms with Crippen molar-refractivity contribution in [3.8, 4) is 23.0 Å². The zero-order valence-corrected chi connectivity index (χ0v) is 11.5. The molecule has 110 valence electrons. The third-order valence-corrected chi connectivity index (χ3v) is 3.61. The molecule has 1 aliphatic rings. The maximum absolute atomic E-state index is 10.3. The first-order valence-corrected chi connectivity index (χ1v) is 6.62. The van der Waals surface area contributed by atoms with E-state index >= 15 is 0 Å². The van der Waals surface area contributed by atoms with Crippen LogP contribution < -0.4 is 9.47 Å². The van der Waals surface area contributed by atoms with Gasteiger partial charge >= 0.3 is 0 Å². The fraction of sp³-hybridized carbons (Fsp3) is 0.250. The minimum atomic E-state index is -0.792. The van der Waals surface area contributed by atoms with E-state index < -0.39 is 12.2 Å². The van der Waals surface area contributed by atoms with Gasteiger partial charge in [-0.25, -0.2) is 0 Å². The van der Waals surface area contributed by atoms with Crippen molar-refractivity contribution >= 4 is 0 Å². The van der Waals surface area contributed by atoms with Gasteiger partial charge in [0.2, 0.25) is 0 Å². The molecule has 2 aromatic carbocycles. The van der Waals surface area contributed by atoms with E-state index in [9.17, 15) is 15.3 Å². The fourth-order valence-corrected chi connectivity index (χ4v) is 2.57. The van der Waals surface area contributed by atoms with Crippen LogP contribution in [0.3, 0.4) is 0 Å². The van der Waals surface area contributed by atoms with Gasteiger partial charge in [-0.2, -0.15) is 0 Å². The van der Waals surface area contributed by atoms with Crippen molar-refractivity contribution in [2.75, 3.05) is 7.11 Å². The zero-order valence-electron chi connectivity index (χ0n) is 11.5. The lowest BCUT2D eigenvalue weighted by Crippen LogP contribution is -2.30. The normalized spacial score (nSPS) is 20.5. The molecule has 1 aliphatic heterocycles. The number of phenolic OH excluding ortho intramolecular Hbond substituents is 2. The van der Waals surface area contributed by atoms with Crippen molar-refractivity contribution in [3.05, 3.63) is 47.5 Å². The zero-order chi connectivity index (χ0) is 15.0. The Balaban J connectivity index is 1.98. The molecule has 2 atom stereocenters. The number of aliphatic hydroxyl groups excluding tert-OH is 1. The Kier molecular flexibility index (Phi) is 3.35. The Morgan fingerprint density at radius 3 is 2.76 bits per heavy atom. The molecular formula is C16H16O5. The highest BCUT2D eigenvalue weighted by atomic mass is 16.5.